The summed E-state index contributed by atoms with van der Waals surface area (Å²) < 4.78 is 1.72. The van der Waals surface area contributed by atoms with Gasteiger partial charge in [-0.2, -0.15) is 5.10 Å². The normalized spacial score (nSPS) is 15.3. The van der Waals surface area contributed by atoms with Crippen LogP contribution in [0.5, 0.6) is 0 Å². The molecule has 4 heterocycles. The van der Waals surface area contributed by atoms with Gasteiger partial charge in [0.1, 0.15) is 6.04 Å². The number of aryl methyl sites for hydroxylation is 1. The molecule has 1 aliphatic heterocycles. The van der Waals surface area contributed by atoms with Crippen molar-refractivity contribution in [3.05, 3.63) is 45.4 Å². The monoisotopic (exact) mass is 358 g/mol. The largest absolute Gasteiger partial charge is 0.336 e. The number of thiophene rings is 1. The summed E-state index contributed by atoms with van der Waals surface area (Å²) in [6.07, 6.45) is 4.46. The Balaban J connectivity index is 1.53. The van der Waals surface area contributed by atoms with Crippen LogP contribution in [-0.4, -0.2) is 32.1 Å². The van der Waals surface area contributed by atoms with Crippen molar-refractivity contribution < 1.29 is 4.79 Å². The molecule has 0 unspecified atom stereocenters. The highest BCUT2D eigenvalue weighted by molar-refractivity contribution is 7.16. The number of hydrogen-bond donors (Lipinski definition) is 0. The van der Waals surface area contributed by atoms with E-state index in [2.05, 4.69) is 21.5 Å². The highest BCUT2D eigenvalue weighted by atomic mass is 32.1. The quantitative estimate of drug-likeness (QED) is 0.720. The minimum absolute atomic E-state index is 0.126. The number of amides is 1. The molecular formula is C17H18N4OS2. The first kappa shape index (κ1) is 15.5. The van der Waals surface area contributed by atoms with Crippen LogP contribution in [0.3, 0.4) is 0 Å². The van der Waals surface area contributed by atoms with E-state index in [9.17, 15) is 4.79 Å². The van der Waals surface area contributed by atoms with Crippen molar-refractivity contribution in [2.75, 3.05) is 6.54 Å². The molecule has 0 saturated carbocycles. The molecule has 0 aliphatic carbocycles. The molecule has 3 aromatic heterocycles. The van der Waals surface area contributed by atoms with Crippen LogP contribution < -0.4 is 0 Å². The van der Waals surface area contributed by atoms with Gasteiger partial charge in [0.25, 0.3) is 0 Å². The number of fused-ring (bicyclic) bond motifs is 1. The van der Waals surface area contributed by atoms with E-state index in [0.717, 1.165) is 23.7 Å². The minimum Gasteiger partial charge on any atom is -0.336 e. The van der Waals surface area contributed by atoms with Crippen LogP contribution in [0.25, 0.3) is 10.6 Å². The second-order valence-electron chi connectivity index (χ2n) is 5.98. The summed E-state index contributed by atoms with van der Waals surface area (Å²) in [6, 6.07) is 3.78. The summed E-state index contributed by atoms with van der Waals surface area (Å²) in [6.45, 7) is 5.38. The molecule has 1 atom stereocenters. The molecule has 0 bridgehead atoms. The number of carbonyl (C=O) groups is 1. The first-order valence-electron chi connectivity index (χ1n) is 7.94. The molecule has 124 valence electrons. The first-order valence-corrected chi connectivity index (χ1v) is 9.63. The van der Waals surface area contributed by atoms with E-state index in [1.54, 1.807) is 22.2 Å². The second kappa shape index (κ2) is 6.14. The molecule has 4 rings (SSSR count). The smallest absolute Gasteiger partial charge is 0.247 e. The molecule has 0 spiro atoms. The molecule has 0 N–H and O–H groups in total. The van der Waals surface area contributed by atoms with Gasteiger partial charge >= 0.3 is 0 Å². The van der Waals surface area contributed by atoms with E-state index >= 15 is 0 Å². The molecular weight excluding hydrogens is 340 g/mol. The Morgan fingerprint density at radius 1 is 1.42 bits per heavy atom. The lowest BCUT2D eigenvalue weighted by atomic mass is 10.1. The first-order chi connectivity index (χ1) is 11.6. The van der Waals surface area contributed by atoms with Crippen LogP contribution in [0.1, 0.15) is 28.4 Å². The highest BCUT2D eigenvalue weighted by Gasteiger charge is 2.27. The molecule has 1 aliphatic rings. The number of nitrogens with zero attached hydrogens (tertiary/aromatic N) is 4. The van der Waals surface area contributed by atoms with Crippen molar-refractivity contribution in [1.29, 1.82) is 0 Å². The van der Waals surface area contributed by atoms with Crippen molar-refractivity contribution in [3.63, 3.8) is 0 Å². The summed E-state index contributed by atoms with van der Waals surface area (Å²) in [4.78, 5) is 21.9. The maximum absolute atomic E-state index is 12.7. The lowest BCUT2D eigenvalue weighted by molar-refractivity contribution is -0.135. The summed E-state index contributed by atoms with van der Waals surface area (Å²) in [5, 5.41) is 7.38. The summed E-state index contributed by atoms with van der Waals surface area (Å²) >= 11 is 3.48. The van der Waals surface area contributed by atoms with Crippen molar-refractivity contribution in [2.24, 2.45) is 0 Å². The fourth-order valence-corrected chi connectivity index (χ4v) is 4.82. The maximum atomic E-state index is 12.7. The summed E-state index contributed by atoms with van der Waals surface area (Å²) in [7, 11) is 0. The second-order valence-corrected chi connectivity index (χ2v) is 8.18. The van der Waals surface area contributed by atoms with Gasteiger partial charge in [-0.25, -0.2) is 4.98 Å². The standard InChI is InChI=1S/C17H18N4OS2/c1-11(21-6-3-5-18-21)17(22)20-7-4-15-13(9-20)8-16(24-15)14-10-23-12(2)19-14/h3,5-6,8,10-11H,4,7,9H2,1-2H3/t11-/m0/s1. The molecule has 1 amide bonds. The lowest BCUT2D eigenvalue weighted by Gasteiger charge is -2.29. The van der Waals surface area contributed by atoms with Crippen LogP contribution in [0.4, 0.5) is 0 Å². The third-order valence-electron chi connectivity index (χ3n) is 4.33. The predicted octanol–water partition coefficient (Wildman–Crippen LogP) is 3.52. The van der Waals surface area contributed by atoms with Crippen molar-refractivity contribution >= 4 is 28.6 Å². The lowest BCUT2D eigenvalue weighted by Crippen LogP contribution is -2.39. The van der Waals surface area contributed by atoms with Gasteiger partial charge < -0.3 is 4.90 Å². The Kier molecular flexibility index (Phi) is 3.97. The third-order valence-corrected chi connectivity index (χ3v) is 6.36. The van der Waals surface area contributed by atoms with E-state index in [-0.39, 0.29) is 11.9 Å². The van der Waals surface area contributed by atoms with Crippen LogP contribution >= 0.6 is 22.7 Å². The highest BCUT2D eigenvalue weighted by Crippen LogP contribution is 2.35. The van der Waals surface area contributed by atoms with Crippen LogP contribution in [0.15, 0.2) is 29.9 Å². The Morgan fingerprint density at radius 3 is 3.00 bits per heavy atom. The molecule has 7 heteroatoms. The Bertz CT molecular complexity index is 865. The molecule has 24 heavy (non-hydrogen) atoms. The maximum Gasteiger partial charge on any atom is 0.247 e. The zero-order chi connectivity index (χ0) is 16.7. The van der Waals surface area contributed by atoms with E-state index < -0.39 is 0 Å². The van der Waals surface area contributed by atoms with Gasteiger partial charge in [0.05, 0.1) is 15.6 Å². The Labute approximate surface area is 148 Å². The number of thiazole rings is 1. The Hall–Kier alpha value is -1.99. The van der Waals surface area contributed by atoms with Crippen LogP contribution in [0.2, 0.25) is 0 Å². The van der Waals surface area contributed by atoms with Gasteiger partial charge in [0.2, 0.25) is 5.91 Å². The van der Waals surface area contributed by atoms with Crippen LogP contribution in [-0.2, 0) is 17.8 Å². The van der Waals surface area contributed by atoms with Crippen molar-refractivity contribution in [2.45, 2.75) is 32.9 Å². The average molecular weight is 358 g/mol. The topological polar surface area (TPSA) is 51.0 Å². The van der Waals surface area contributed by atoms with E-state index in [1.165, 1.54) is 15.3 Å². The minimum atomic E-state index is -0.263. The Morgan fingerprint density at radius 2 is 2.29 bits per heavy atom. The van der Waals surface area contributed by atoms with Gasteiger partial charge in [0, 0.05) is 35.7 Å². The zero-order valence-electron chi connectivity index (χ0n) is 13.6. The van der Waals surface area contributed by atoms with Crippen molar-refractivity contribution in [3.8, 4) is 10.6 Å². The van der Waals surface area contributed by atoms with Gasteiger partial charge in [-0.05, 0) is 38.0 Å². The predicted molar refractivity (Wildman–Crippen MR) is 96.2 cm³/mol. The summed E-state index contributed by atoms with van der Waals surface area (Å²) in [5.41, 5.74) is 2.31. The average Bonchev–Trinajstić information content (AvgIpc) is 3.32. The fourth-order valence-electron chi connectivity index (χ4n) is 3.01. The number of rotatable bonds is 3. The van der Waals surface area contributed by atoms with Crippen molar-refractivity contribution in [1.82, 2.24) is 19.7 Å². The van der Waals surface area contributed by atoms with E-state index in [4.69, 9.17) is 0 Å². The SMILES string of the molecule is Cc1nc(-c2cc3c(s2)CCN(C(=O)[C@H](C)n2cccn2)C3)cs1. The molecule has 0 fully saturated rings. The van der Waals surface area contributed by atoms with E-state index in [1.807, 2.05) is 42.3 Å². The van der Waals surface area contributed by atoms with Gasteiger partial charge in [-0.15, -0.1) is 22.7 Å². The van der Waals surface area contributed by atoms with Gasteiger partial charge in [-0.3, -0.25) is 9.48 Å². The molecule has 3 aromatic rings. The summed E-state index contributed by atoms with van der Waals surface area (Å²) in [5.74, 6) is 0.126. The number of carbonyl (C=O) groups excluding carboxylic acids is 1. The van der Waals surface area contributed by atoms with E-state index in [0.29, 0.717) is 6.54 Å². The molecule has 0 radical (unpaired) electrons. The van der Waals surface area contributed by atoms with Gasteiger partial charge in [-0.1, -0.05) is 0 Å². The molecule has 0 aromatic carbocycles. The third kappa shape index (κ3) is 2.78. The number of aromatic nitrogens is 3. The molecule has 0 saturated heterocycles. The molecule has 5 nitrogen and oxygen atoms in total. The number of hydrogen-bond acceptors (Lipinski definition) is 5. The zero-order valence-corrected chi connectivity index (χ0v) is 15.2. The van der Waals surface area contributed by atoms with Gasteiger partial charge in [0.15, 0.2) is 0 Å². The fraction of sp³-hybridized carbons (Fsp3) is 0.353. The van der Waals surface area contributed by atoms with Crippen LogP contribution in [0, 0.1) is 6.92 Å².